The molecule has 5 heteroatoms. The largest absolute Gasteiger partial charge is 0.447 e. The average molecular weight is 237 g/mol. The molecule has 1 aromatic carbocycles. The van der Waals surface area contributed by atoms with Crippen molar-refractivity contribution in [2.75, 3.05) is 25.6 Å². The van der Waals surface area contributed by atoms with E-state index in [-0.39, 0.29) is 12.4 Å². The van der Waals surface area contributed by atoms with Crippen molar-refractivity contribution >= 4 is 17.6 Å². The van der Waals surface area contributed by atoms with Gasteiger partial charge in [-0.2, -0.15) is 0 Å². The number of rotatable bonds is 5. The summed E-state index contributed by atoms with van der Waals surface area (Å²) in [6, 6.07) is 6.59. The first-order valence-corrected chi connectivity index (χ1v) is 5.17. The second-order valence-corrected chi connectivity index (χ2v) is 3.39. The van der Waals surface area contributed by atoms with Crippen molar-refractivity contribution in [3.63, 3.8) is 0 Å². The van der Waals surface area contributed by atoms with E-state index in [0.29, 0.717) is 17.9 Å². The molecule has 0 saturated heterocycles. The quantitative estimate of drug-likeness (QED) is 0.629. The Bertz CT molecular complexity index is 386. The Kier molecular flexibility index (Phi) is 5.16. The minimum Gasteiger partial charge on any atom is -0.447 e. The van der Waals surface area contributed by atoms with E-state index in [1.807, 2.05) is 0 Å². The SMILES string of the molecule is COCCOC(=O)Nc1ccc(C(C)=O)cc1. The lowest BCUT2D eigenvalue weighted by Gasteiger charge is -2.06. The molecule has 0 aliphatic heterocycles. The van der Waals surface area contributed by atoms with Gasteiger partial charge in [0.05, 0.1) is 6.61 Å². The van der Waals surface area contributed by atoms with E-state index in [2.05, 4.69) is 5.32 Å². The van der Waals surface area contributed by atoms with Gasteiger partial charge in [-0.05, 0) is 31.2 Å². The molecule has 0 heterocycles. The van der Waals surface area contributed by atoms with Crippen molar-refractivity contribution in [1.29, 1.82) is 0 Å². The van der Waals surface area contributed by atoms with Crippen LogP contribution in [0.15, 0.2) is 24.3 Å². The van der Waals surface area contributed by atoms with Gasteiger partial charge >= 0.3 is 6.09 Å². The molecule has 0 aliphatic carbocycles. The number of ether oxygens (including phenoxy) is 2. The van der Waals surface area contributed by atoms with Crippen LogP contribution in [0.3, 0.4) is 0 Å². The van der Waals surface area contributed by atoms with Gasteiger partial charge in [-0.25, -0.2) is 4.79 Å². The van der Waals surface area contributed by atoms with Crippen molar-refractivity contribution in [3.8, 4) is 0 Å². The van der Waals surface area contributed by atoms with Crippen molar-refractivity contribution in [2.24, 2.45) is 0 Å². The van der Waals surface area contributed by atoms with Crippen LogP contribution < -0.4 is 5.32 Å². The molecule has 0 saturated carbocycles. The lowest BCUT2D eigenvalue weighted by Crippen LogP contribution is -2.16. The second-order valence-electron chi connectivity index (χ2n) is 3.39. The summed E-state index contributed by atoms with van der Waals surface area (Å²) >= 11 is 0. The van der Waals surface area contributed by atoms with Crippen LogP contribution in [-0.2, 0) is 9.47 Å². The summed E-state index contributed by atoms with van der Waals surface area (Å²) in [5.41, 5.74) is 1.18. The number of nitrogens with one attached hydrogen (secondary N) is 1. The minimum atomic E-state index is -0.544. The van der Waals surface area contributed by atoms with Gasteiger partial charge in [-0.15, -0.1) is 0 Å². The third kappa shape index (κ3) is 4.65. The number of hydrogen-bond donors (Lipinski definition) is 1. The van der Waals surface area contributed by atoms with Crippen molar-refractivity contribution in [1.82, 2.24) is 0 Å². The number of Topliss-reactive ketones (excluding diaryl/α,β-unsaturated/α-hetero) is 1. The molecular weight excluding hydrogens is 222 g/mol. The van der Waals surface area contributed by atoms with Gasteiger partial charge in [0.25, 0.3) is 0 Å². The van der Waals surface area contributed by atoms with E-state index in [4.69, 9.17) is 9.47 Å². The Labute approximate surface area is 99.7 Å². The zero-order valence-electron chi connectivity index (χ0n) is 9.86. The molecular formula is C12H15NO4. The van der Waals surface area contributed by atoms with Crippen LogP contribution in [0.1, 0.15) is 17.3 Å². The van der Waals surface area contributed by atoms with Gasteiger partial charge in [0.15, 0.2) is 5.78 Å². The van der Waals surface area contributed by atoms with Crippen molar-refractivity contribution in [3.05, 3.63) is 29.8 Å². The fraction of sp³-hybridized carbons (Fsp3) is 0.333. The summed E-state index contributed by atoms with van der Waals surface area (Å²) in [7, 11) is 1.53. The molecule has 0 fully saturated rings. The molecule has 0 aromatic heterocycles. The summed E-state index contributed by atoms with van der Waals surface area (Å²) in [5.74, 6) is -0.0146. The van der Waals surface area contributed by atoms with E-state index < -0.39 is 6.09 Å². The van der Waals surface area contributed by atoms with Crippen LogP contribution in [0.25, 0.3) is 0 Å². The Balaban J connectivity index is 2.46. The first-order chi connectivity index (χ1) is 8.13. The molecule has 0 radical (unpaired) electrons. The topological polar surface area (TPSA) is 64.6 Å². The Hall–Kier alpha value is -1.88. The van der Waals surface area contributed by atoms with Crippen LogP contribution in [0.2, 0.25) is 0 Å². The minimum absolute atomic E-state index is 0.0146. The highest BCUT2D eigenvalue weighted by molar-refractivity contribution is 5.94. The molecule has 17 heavy (non-hydrogen) atoms. The van der Waals surface area contributed by atoms with Crippen LogP contribution in [0.4, 0.5) is 10.5 Å². The summed E-state index contributed by atoms with van der Waals surface area (Å²) in [4.78, 5) is 22.3. The van der Waals surface area contributed by atoms with E-state index in [9.17, 15) is 9.59 Å². The summed E-state index contributed by atoms with van der Waals surface area (Å²) < 4.78 is 9.56. The number of anilines is 1. The van der Waals surface area contributed by atoms with Gasteiger partial charge < -0.3 is 9.47 Å². The smallest absolute Gasteiger partial charge is 0.411 e. The zero-order valence-corrected chi connectivity index (χ0v) is 9.86. The number of hydrogen-bond acceptors (Lipinski definition) is 4. The molecule has 0 spiro atoms. The number of methoxy groups -OCH3 is 1. The molecule has 1 aromatic rings. The lowest BCUT2D eigenvalue weighted by atomic mass is 10.1. The van der Waals surface area contributed by atoms with Gasteiger partial charge in [0.1, 0.15) is 6.61 Å². The van der Waals surface area contributed by atoms with Crippen LogP contribution in [0.5, 0.6) is 0 Å². The second kappa shape index (κ2) is 6.65. The normalized spacial score (nSPS) is 9.76. The van der Waals surface area contributed by atoms with E-state index in [0.717, 1.165) is 0 Å². The lowest BCUT2D eigenvalue weighted by molar-refractivity contribution is 0.101. The summed E-state index contributed by atoms with van der Waals surface area (Å²) in [5, 5.41) is 2.54. The predicted octanol–water partition coefficient (Wildman–Crippen LogP) is 2.08. The zero-order chi connectivity index (χ0) is 12.7. The summed E-state index contributed by atoms with van der Waals surface area (Å²) in [6.45, 7) is 2.05. The van der Waals surface area contributed by atoms with E-state index in [1.165, 1.54) is 14.0 Å². The average Bonchev–Trinajstić information content (AvgIpc) is 2.30. The molecule has 5 nitrogen and oxygen atoms in total. The van der Waals surface area contributed by atoms with Gasteiger partial charge in [-0.1, -0.05) is 0 Å². The molecule has 0 aliphatic rings. The molecule has 92 valence electrons. The van der Waals surface area contributed by atoms with Crippen LogP contribution in [-0.4, -0.2) is 32.2 Å². The fourth-order valence-electron chi connectivity index (χ4n) is 1.16. The maximum absolute atomic E-state index is 11.3. The predicted molar refractivity (Wildman–Crippen MR) is 63.3 cm³/mol. The highest BCUT2D eigenvalue weighted by Crippen LogP contribution is 2.10. The first-order valence-electron chi connectivity index (χ1n) is 5.17. The molecule has 1 amide bonds. The molecule has 0 bridgehead atoms. The van der Waals surface area contributed by atoms with E-state index >= 15 is 0 Å². The number of benzene rings is 1. The standard InChI is InChI=1S/C12H15NO4/c1-9(14)10-3-5-11(6-4-10)13-12(15)17-8-7-16-2/h3-6H,7-8H2,1-2H3,(H,13,15). The molecule has 1 rings (SSSR count). The highest BCUT2D eigenvalue weighted by Gasteiger charge is 2.03. The number of carbonyl (C=O) groups excluding carboxylic acids is 2. The number of carbonyl (C=O) groups is 2. The first kappa shape index (κ1) is 13.2. The number of amides is 1. The van der Waals surface area contributed by atoms with Crippen LogP contribution in [0, 0.1) is 0 Å². The Morgan fingerprint density at radius 3 is 2.35 bits per heavy atom. The highest BCUT2D eigenvalue weighted by atomic mass is 16.6. The van der Waals surface area contributed by atoms with Crippen molar-refractivity contribution < 1.29 is 19.1 Å². The summed E-state index contributed by atoms with van der Waals surface area (Å²) in [6.07, 6.45) is -0.544. The van der Waals surface area contributed by atoms with Gasteiger partial charge in [-0.3, -0.25) is 10.1 Å². The monoisotopic (exact) mass is 237 g/mol. The van der Waals surface area contributed by atoms with Crippen molar-refractivity contribution in [2.45, 2.75) is 6.92 Å². The van der Waals surface area contributed by atoms with E-state index in [1.54, 1.807) is 24.3 Å². The fourth-order valence-corrected chi connectivity index (χ4v) is 1.16. The van der Waals surface area contributed by atoms with Crippen LogP contribution >= 0.6 is 0 Å². The molecule has 0 unspecified atom stereocenters. The third-order valence-corrected chi connectivity index (χ3v) is 2.06. The maximum atomic E-state index is 11.3. The molecule has 1 N–H and O–H groups in total. The Morgan fingerprint density at radius 1 is 1.18 bits per heavy atom. The number of ketones is 1. The maximum Gasteiger partial charge on any atom is 0.411 e. The molecule has 0 atom stereocenters. The van der Waals surface area contributed by atoms with Gasteiger partial charge in [0.2, 0.25) is 0 Å². The van der Waals surface area contributed by atoms with Gasteiger partial charge in [0, 0.05) is 18.4 Å². The third-order valence-electron chi connectivity index (χ3n) is 2.06. The Morgan fingerprint density at radius 2 is 1.82 bits per heavy atom.